The van der Waals surface area contributed by atoms with E-state index in [0.29, 0.717) is 27.2 Å². The number of hydrogen-bond acceptors (Lipinski definition) is 5. The number of ether oxygens (including phenoxy) is 2. The average Bonchev–Trinajstić information content (AvgIpc) is 3.10. The zero-order valence-electron chi connectivity index (χ0n) is 14.5. The van der Waals surface area contributed by atoms with Crippen LogP contribution in [0.2, 0.25) is 5.02 Å². The normalized spacial score (nSPS) is 11.7. The van der Waals surface area contributed by atoms with Crippen molar-refractivity contribution in [2.24, 2.45) is 0 Å². The number of halogens is 2. The van der Waals surface area contributed by atoms with Crippen LogP contribution in [0.5, 0.6) is 11.5 Å². The summed E-state index contributed by atoms with van der Waals surface area (Å²) in [6, 6.07) is 11.4. The summed E-state index contributed by atoms with van der Waals surface area (Å²) in [4.78, 5) is 16.6. The molecule has 1 atom stereocenters. The fourth-order valence-corrected chi connectivity index (χ4v) is 3.20. The van der Waals surface area contributed by atoms with Crippen LogP contribution >= 0.6 is 22.9 Å². The summed E-state index contributed by atoms with van der Waals surface area (Å²) in [6.07, 6.45) is -0.741. The van der Waals surface area contributed by atoms with Crippen LogP contribution in [0, 0.1) is 5.82 Å². The van der Waals surface area contributed by atoms with E-state index in [4.69, 9.17) is 21.1 Å². The standard InChI is InChI=1S/C19H16ClFN2O3S/c1-11(26-14-5-3-4-13(20)9-14)18(24)23-19-22-16(10-27-19)12-6-7-17(25-2)15(21)8-12/h3-11H,1-2H3,(H,22,23,24). The zero-order valence-corrected chi connectivity index (χ0v) is 16.1. The van der Waals surface area contributed by atoms with E-state index in [2.05, 4.69) is 10.3 Å². The molecule has 1 heterocycles. The Bertz CT molecular complexity index is 964. The molecule has 0 radical (unpaired) electrons. The van der Waals surface area contributed by atoms with E-state index >= 15 is 0 Å². The third-order valence-corrected chi connectivity index (χ3v) is 4.65. The van der Waals surface area contributed by atoms with Crippen LogP contribution in [0.25, 0.3) is 11.3 Å². The van der Waals surface area contributed by atoms with Gasteiger partial charge in [0.1, 0.15) is 5.75 Å². The SMILES string of the molecule is COc1ccc(-c2csc(NC(=O)C(C)Oc3cccc(Cl)c3)n2)cc1F. The van der Waals surface area contributed by atoms with Gasteiger partial charge in [-0.2, -0.15) is 0 Å². The van der Waals surface area contributed by atoms with Crippen LogP contribution < -0.4 is 14.8 Å². The molecule has 0 saturated heterocycles. The first-order chi connectivity index (χ1) is 13.0. The molecule has 3 aromatic rings. The fraction of sp³-hybridized carbons (Fsp3) is 0.158. The molecule has 5 nitrogen and oxygen atoms in total. The fourth-order valence-electron chi connectivity index (χ4n) is 2.29. The van der Waals surface area contributed by atoms with Crippen LogP contribution in [0.3, 0.4) is 0 Å². The van der Waals surface area contributed by atoms with E-state index in [0.717, 1.165) is 0 Å². The van der Waals surface area contributed by atoms with Crippen LogP contribution in [0.1, 0.15) is 6.92 Å². The van der Waals surface area contributed by atoms with Gasteiger partial charge in [-0.3, -0.25) is 10.1 Å². The first-order valence-corrected chi connectivity index (χ1v) is 9.24. The number of rotatable bonds is 6. The summed E-state index contributed by atoms with van der Waals surface area (Å²) in [7, 11) is 1.40. The lowest BCUT2D eigenvalue weighted by molar-refractivity contribution is -0.122. The first-order valence-electron chi connectivity index (χ1n) is 7.99. The second kappa shape index (κ2) is 8.37. The molecule has 0 aliphatic heterocycles. The van der Waals surface area contributed by atoms with Gasteiger partial charge < -0.3 is 9.47 Å². The Hall–Kier alpha value is -2.64. The van der Waals surface area contributed by atoms with Crippen molar-refractivity contribution in [1.29, 1.82) is 0 Å². The molecule has 8 heteroatoms. The molecule has 0 aliphatic rings. The summed E-state index contributed by atoms with van der Waals surface area (Å²) < 4.78 is 24.3. The third kappa shape index (κ3) is 4.75. The number of hydrogen-bond donors (Lipinski definition) is 1. The van der Waals surface area contributed by atoms with Gasteiger partial charge in [0.2, 0.25) is 0 Å². The van der Waals surface area contributed by atoms with Crippen LogP contribution in [-0.4, -0.2) is 24.1 Å². The average molecular weight is 407 g/mol. The lowest BCUT2D eigenvalue weighted by atomic mass is 10.1. The van der Waals surface area contributed by atoms with Crippen molar-refractivity contribution in [1.82, 2.24) is 4.98 Å². The highest BCUT2D eigenvalue weighted by Crippen LogP contribution is 2.28. The molecule has 0 bridgehead atoms. The lowest BCUT2D eigenvalue weighted by Gasteiger charge is -2.13. The van der Waals surface area contributed by atoms with Crippen LogP contribution in [0.15, 0.2) is 47.8 Å². The minimum atomic E-state index is -0.741. The van der Waals surface area contributed by atoms with Crippen molar-refractivity contribution in [3.8, 4) is 22.8 Å². The predicted octanol–water partition coefficient (Wildman–Crippen LogP) is 5.02. The molecule has 0 saturated carbocycles. The predicted molar refractivity (Wildman–Crippen MR) is 104 cm³/mol. The smallest absolute Gasteiger partial charge is 0.266 e. The Morgan fingerprint density at radius 3 is 2.81 bits per heavy atom. The maximum absolute atomic E-state index is 13.8. The van der Waals surface area contributed by atoms with Crippen molar-refractivity contribution >= 4 is 34.0 Å². The minimum absolute atomic E-state index is 0.162. The summed E-state index contributed by atoms with van der Waals surface area (Å²) in [5.74, 6) is -0.165. The Morgan fingerprint density at radius 2 is 2.11 bits per heavy atom. The molecule has 1 N–H and O–H groups in total. The Kier molecular flexibility index (Phi) is 5.93. The van der Waals surface area contributed by atoms with Gasteiger partial charge in [0.05, 0.1) is 12.8 Å². The minimum Gasteiger partial charge on any atom is -0.494 e. The van der Waals surface area contributed by atoms with E-state index in [1.54, 1.807) is 42.6 Å². The van der Waals surface area contributed by atoms with Crippen molar-refractivity contribution in [2.45, 2.75) is 13.0 Å². The summed E-state index contributed by atoms with van der Waals surface area (Å²) in [5.41, 5.74) is 1.15. The van der Waals surface area contributed by atoms with E-state index in [1.807, 2.05) is 0 Å². The second-order valence-electron chi connectivity index (χ2n) is 5.59. The first kappa shape index (κ1) is 19.1. The summed E-state index contributed by atoms with van der Waals surface area (Å²) in [5, 5.41) is 5.35. The number of carbonyl (C=O) groups is 1. The largest absolute Gasteiger partial charge is 0.494 e. The van der Waals surface area contributed by atoms with E-state index in [-0.39, 0.29) is 11.7 Å². The number of methoxy groups -OCH3 is 1. The van der Waals surface area contributed by atoms with Gasteiger partial charge in [-0.15, -0.1) is 11.3 Å². The molecule has 2 aromatic carbocycles. The van der Waals surface area contributed by atoms with Gasteiger partial charge in [0, 0.05) is 16.0 Å². The molecule has 0 aliphatic carbocycles. The number of nitrogens with zero attached hydrogens (tertiary/aromatic N) is 1. The number of amides is 1. The number of thiazole rings is 1. The summed E-state index contributed by atoms with van der Waals surface area (Å²) in [6.45, 7) is 1.63. The van der Waals surface area contributed by atoms with Gasteiger partial charge in [-0.25, -0.2) is 9.37 Å². The maximum Gasteiger partial charge on any atom is 0.266 e. The topological polar surface area (TPSA) is 60.5 Å². The number of aromatic nitrogens is 1. The molecule has 3 rings (SSSR count). The van der Waals surface area contributed by atoms with E-state index in [1.165, 1.54) is 30.6 Å². The van der Waals surface area contributed by atoms with Crippen LogP contribution in [0.4, 0.5) is 9.52 Å². The highest BCUT2D eigenvalue weighted by Gasteiger charge is 2.17. The lowest BCUT2D eigenvalue weighted by Crippen LogP contribution is -2.30. The molecule has 27 heavy (non-hydrogen) atoms. The zero-order chi connectivity index (χ0) is 19.4. The van der Waals surface area contributed by atoms with Gasteiger partial charge >= 0.3 is 0 Å². The molecule has 1 aromatic heterocycles. The van der Waals surface area contributed by atoms with Crippen molar-refractivity contribution in [3.05, 3.63) is 58.7 Å². The second-order valence-corrected chi connectivity index (χ2v) is 6.89. The van der Waals surface area contributed by atoms with Gasteiger partial charge in [0.25, 0.3) is 5.91 Å². The third-order valence-electron chi connectivity index (χ3n) is 3.66. The van der Waals surface area contributed by atoms with Gasteiger partial charge in [-0.1, -0.05) is 17.7 Å². The Labute approximate surface area is 164 Å². The molecule has 1 amide bonds. The molecule has 140 valence electrons. The van der Waals surface area contributed by atoms with Gasteiger partial charge in [-0.05, 0) is 43.3 Å². The number of anilines is 1. The van der Waals surface area contributed by atoms with E-state index in [9.17, 15) is 9.18 Å². The highest BCUT2D eigenvalue weighted by molar-refractivity contribution is 7.14. The number of benzene rings is 2. The van der Waals surface area contributed by atoms with Crippen molar-refractivity contribution in [2.75, 3.05) is 12.4 Å². The Morgan fingerprint density at radius 1 is 1.30 bits per heavy atom. The van der Waals surface area contributed by atoms with E-state index < -0.39 is 11.9 Å². The van der Waals surface area contributed by atoms with Crippen LogP contribution in [-0.2, 0) is 4.79 Å². The summed E-state index contributed by atoms with van der Waals surface area (Å²) >= 11 is 7.15. The highest BCUT2D eigenvalue weighted by atomic mass is 35.5. The number of nitrogens with one attached hydrogen (secondary N) is 1. The monoisotopic (exact) mass is 406 g/mol. The molecular weight excluding hydrogens is 391 g/mol. The number of carbonyl (C=O) groups excluding carboxylic acids is 1. The molecule has 0 spiro atoms. The maximum atomic E-state index is 13.8. The quantitative estimate of drug-likeness (QED) is 0.624. The molecule has 0 fully saturated rings. The molecule has 1 unspecified atom stereocenters. The van der Waals surface area contributed by atoms with Gasteiger partial charge in [0.15, 0.2) is 22.8 Å². The Balaban J connectivity index is 1.66. The van der Waals surface area contributed by atoms with Crippen molar-refractivity contribution < 1.29 is 18.7 Å². The van der Waals surface area contributed by atoms with Crippen molar-refractivity contribution in [3.63, 3.8) is 0 Å². The molecular formula is C19H16ClFN2O3S.